The summed E-state index contributed by atoms with van der Waals surface area (Å²) in [5.74, 6) is -8.81. The molecule has 1 heterocycles. The van der Waals surface area contributed by atoms with Crippen molar-refractivity contribution in [2.24, 2.45) is 15.9 Å². The molecule has 21 heteroatoms. The molecule has 2 rings (SSSR count). The van der Waals surface area contributed by atoms with E-state index in [4.69, 9.17) is 34.6 Å². The van der Waals surface area contributed by atoms with Gasteiger partial charge >= 0.3 is 13.6 Å². The topological polar surface area (TPSA) is 216 Å². The number of aliphatic hydroxyl groups excluding tert-OH is 3. The van der Waals surface area contributed by atoms with Gasteiger partial charge in [0.1, 0.15) is 18.3 Å². The molecule has 0 amide bonds. The van der Waals surface area contributed by atoms with E-state index in [0.29, 0.717) is 64.3 Å². The number of hydrogen-bond donors (Lipinski definition) is 6. The van der Waals surface area contributed by atoms with Crippen LogP contribution in [0.25, 0.3) is 0 Å². The quantitative estimate of drug-likeness (QED) is 0.00727. The molecule has 3 unspecified atom stereocenters. The molecule has 5 atom stereocenters. The van der Waals surface area contributed by atoms with E-state index >= 15 is 0 Å². The van der Waals surface area contributed by atoms with Crippen LogP contribution in [0.3, 0.4) is 0 Å². The lowest BCUT2D eigenvalue weighted by molar-refractivity contribution is -0.224. The van der Waals surface area contributed by atoms with Gasteiger partial charge < -0.3 is 59.8 Å². The van der Waals surface area contributed by atoms with Crippen LogP contribution in [0.5, 0.6) is 5.75 Å². The second-order valence-corrected chi connectivity index (χ2v) is 10.7. The van der Waals surface area contributed by atoms with Gasteiger partial charge in [0.2, 0.25) is 34.8 Å². The average molecular weight is 729 g/mol. The van der Waals surface area contributed by atoms with Gasteiger partial charge in [0, 0.05) is 6.21 Å². The minimum Gasteiger partial charge on any atom is -0.440 e. The van der Waals surface area contributed by atoms with Crippen LogP contribution in [0.4, 0.5) is 22.0 Å². The number of halogens is 5. The first-order valence-electron chi connectivity index (χ1n) is 15.7. The third kappa shape index (κ3) is 14.8. The number of ether oxygens (including phenoxy) is 6. The largest absolute Gasteiger partial charge is 0.440 e. The molecule has 50 heavy (non-hydrogen) atoms. The molecule has 15 nitrogen and oxygen atoms in total. The first kappa shape index (κ1) is 43.3. The molecular weight excluding hydrogens is 686 g/mol. The van der Waals surface area contributed by atoms with E-state index in [1.165, 1.54) is 6.21 Å². The number of carbonyl (C=O) groups excluding carboxylic acids is 1. The summed E-state index contributed by atoms with van der Waals surface area (Å²) in [4.78, 5) is 15.9. The Morgan fingerprint density at radius 2 is 1.30 bits per heavy atom. The molecule has 1 radical (unpaired) electrons. The lowest BCUT2D eigenvalue weighted by Crippen LogP contribution is -2.57. The fraction of sp³-hybridized carbons (Fsp3) is 0.690. The smallest absolute Gasteiger partial charge is 0.392 e. The predicted octanol–water partition coefficient (Wildman–Crippen LogP) is -0.344. The fourth-order valence-electron chi connectivity index (χ4n) is 4.49. The number of nitrogens with zero attached hydrogens (tertiary/aromatic N) is 2. The first-order valence-corrected chi connectivity index (χ1v) is 15.7. The monoisotopic (exact) mass is 729 g/mol. The third-order valence-corrected chi connectivity index (χ3v) is 7.12. The Bertz CT molecular complexity index is 1200. The highest BCUT2D eigenvalue weighted by Crippen LogP contribution is 2.29. The number of aliphatic imine (C=N–C) groups is 1. The Balaban J connectivity index is 1.45. The van der Waals surface area contributed by atoms with Crippen molar-refractivity contribution in [1.82, 2.24) is 5.23 Å². The highest BCUT2D eigenvalue weighted by atomic mass is 19.2. The van der Waals surface area contributed by atoms with Crippen molar-refractivity contribution in [3.05, 3.63) is 29.1 Å². The van der Waals surface area contributed by atoms with Crippen LogP contribution < -0.4 is 15.8 Å². The Hall–Kier alpha value is -2.86. The van der Waals surface area contributed by atoms with Gasteiger partial charge in [-0.15, -0.1) is 0 Å². The summed E-state index contributed by atoms with van der Waals surface area (Å²) in [5.41, 5.74) is 0.511. The molecule has 0 aromatic heterocycles. The van der Waals surface area contributed by atoms with Gasteiger partial charge in [0.15, 0.2) is 0 Å². The molecule has 1 saturated heterocycles. The Labute approximate surface area is 285 Å². The van der Waals surface area contributed by atoms with Crippen LogP contribution in [-0.4, -0.2) is 142 Å². The van der Waals surface area contributed by atoms with Gasteiger partial charge in [0.25, 0.3) is 0 Å². The highest BCUT2D eigenvalue weighted by Gasteiger charge is 2.42. The molecule has 0 aliphatic carbocycles. The van der Waals surface area contributed by atoms with E-state index in [2.05, 4.69) is 20.1 Å². The minimum absolute atomic E-state index is 0.0492. The number of nitrogens with two attached hydrogens (primary N) is 1. The summed E-state index contributed by atoms with van der Waals surface area (Å²) in [6, 6.07) is 0. The molecule has 1 aromatic carbocycles. The number of hydrazone groups is 1. The van der Waals surface area contributed by atoms with Gasteiger partial charge in [-0.25, -0.2) is 13.2 Å². The van der Waals surface area contributed by atoms with Crippen LogP contribution in [0, 0.1) is 29.1 Å². The zero-order valence-corrected chi connectivity index (χ0v) is 27.2. The van der Waals surface area contributed by atoms with Crippen LogP contribution >= 0.6 is 0 Å². The number of rotatable bonds is 25. The van der Waals surface area contributed by atoms with Gasteiger partial charge in [0.05, 0.1) is 83.7 Å². The molecular formula is C29H43BF5N4O11. The maximum atomic E-state index is 13.6. The number of aliphatic hydroxyl groups is 3. The molecule has 283 valence electrons. The predicted molar refractivity (Wildman–Crippen MR) is 166 cm³/mol. The maximum absolute atomic E-state index is 13.6. The van der Waals surface area contributed by atoms with E-state index in [1.807, 2.05) is 0 Å². The summed E-state index contributed by atoms with van der Waals surface area (Å²) in [7, 11) is 0.771. The van der Waals surface area contributed by atoms with Crippen molar-refractivity contribution >= 4 is 25.5 Å². The molecule has 1 aliphatic rings. The molecule has 7 N–H and O–H groups in total. The molecule has 1 fully saturated rings. The van der Waals surface area contributed by atoms with Crippen LogP contribution in [0.15, 0.2) is 10.1 Å². The zero-order chi connectivity index (χ0) is 36.9. The minimum atomic E-state index is -2.36. The summed E-state index contributed by atoms with van der Waals surface area (Å²) < 4.78 is 97.7. The highest BCUT2D eigenvalue weighted by molar-refractivity contribution is 6.30. The molecule has 0 spiro atoms. The fourth-order valence-corrected chi connectivity index (χ4v) is 4.49. The first-order chi connectivity index (χ1) is 24.0. The normalized spacial score (nSPS) is 21.2. The van der Waals surface area contributed by atoms with E-state index < -0.39 is 77.7 Å². The standard InChI is InChI=1S/C29H43BF5N4O11/c31-21-22(32)24(34)29(25(35)23(21)33)50-20(40)5-8-45-10-12-47-14-15-48-13-11-46-9-7-37-16-17(39-36)2-1-3-18-26(41)28(43)27(42)19(49-18)4-6-38-30-44/h16,18-19,26-28,38,41-44H,1-15,36H2/b37-16?,39-17-/t18-,19?,26?,27-,28?/m1/s1. The summed E-state index contributed by atoms with van der Waals surface area (Å²) in [6.07, 6.45) is -2.65. The zero-order valence-electron chi connectivity index (χ0n) is 27.2. The van der Waals surface area contributed by atoms with E-state index in [9.17, 15) is 42.1 Å². The summed E-state index contributed by atoms with van der Waals surface area (Å²) >= 11 is 0. The second-order valence-electron chi connectivity index (χ2n) is 10.7. The van der Waals surface area contributed by atoms with Crippen molar-refractivity contribution < 1.29 is 75.5 Å². The Kier molecular flexibility index (Phi) is 21.1. The summed E-state index contributed by atoms with van der Waals surface area (Å²) in [5, 5.41) is 45.6. The average Bonchev–Trinajstić information content (AvgIpc) is 3.11. The number of nitrogens with one attached hydrogen (secondary N) is 1. The lowest BCUT2D eigenvalue weighted by atomic mass is 9.90. The number of hydrogen-bond acceptors (Lipinski definition) is 15. The second kappa shape index (κ2) is 24.4. The van der Waals surface area contributed by atoms with Crippen LogP contribution in [0.2, 0.25) is 0 Å². The van der Waals surface area contributed by atoms with E-state index in [-0.39, 0.29) is 33.0 Å². The molecule has 1 aliphatic heterocycles. The van der Waals surface area contributed by atoms with Crippen LogP contribution in [-0.2, 0) is 28.5 Å². The number of esters is 1. The van der Waals surface area contributed by atoms with Crippen molar-refractivity contribution in [3.8, 4) is 5.75 Å². The third-order valence-electron chi connectivity index (χ3n) is 7.12. The van der Waals surface area contributed by atoms with Crippen molar-refractivity contribution in [2.75, 3.05) is 65.9 Å². The SMILES string of the molecule is N/N=C(\C=NCCOCCOCCOCCOCCC(=O)Oc1c(F)c(F)c(F)c(F)c1F)CCC[C@H]1OC(CCN[B]O)[C@@H](O)C(O)C1O. The molecule has 1 aromatic rings. The molecule has 0 saturated carbocycles. The molecule has 0 bridgehead atoms. The van der Waals surface area contributed by atoms with Crippen molar-refractivity contribution in [3.63, 3.8) is 0 Å². The van der Waals surface area contributed by atoms with Gasteiger partial charge in [-0.1, -0.05) is 0 Å². The Morgan fingerprint density at radius 3 is 1.86 bits per heavy atom. The number of benzene rings is 1. The Morgan fingerprint density at radius 1 is 0.780 bits per heavy atom. The van der Waals surface area contributed by atoms with Crippen LogP contribution in [0.1, 0.15) is 32.1 Å². The van der Waals surface area contributed by atoms with Crippen molar-refractivity contribution in [1.29, 1.82) is 0 Å². The number of carbonyl (C=O) groups is 1. The summed E-state index contributed by atoms with van der Waals surface area (Å²) in [6.45, 7) is 1.98. The lowest BCUT2D eigenvalue weighted by Gasteiger charge is -2.41. The van der Waals surface area contributed by atoms with Gasteiger partial charge in [-0.3, -0.25) is 9.79 Å². The van der Waals surface area contributed by atoms with E-state index in [1.54, 1.807) is 0 Å². The van der Waals surface area contributed by atoms with Crippen molar-refractivity contribution in [2.45, 2.75) is 62.6 Å². The maximum Gasteiger partial charge on any atom is 0.392 e. The van der Waals surface area contributed by atoms with Gasteiger partial charge in [-0.2, -0.15) is 13.9 Å². The van der Waals surface area contributed by atoms with E-state index in [0.717, 1.165) is 7.62 Å². The van der Waals surface area contributed by atoms with Gasteiger partial charge in [-0.05, 0) is 32.2 Å².